The second kappa shape index (κ2) is 7.13. The Balaban J connectivity index is 1.81. The molecule has 0 heterocycles. The number of hydrogen-bond acceptors (Lipinski definition) is 3. The van der Waals surface area contributed by atoms with Crippen molar-refractivity contribution in [3.63, 3.8) is 0 Å². The largest absolute Gasteiger partial charge is 0.396 e. The van der Waals surface area contributed by atoms with Crippen LogP contribution in [0.1, 0.15) is 16.8 Å². The number of aliphatic hydroxyl groups is 1. The molecule has 1 aromatic rings. The van der Waals surface area contributed by atoms with Gasteiger partial charge in [0.2, 0.25) is 5.91 Å². The normalized spacial score (nSPS) is 20.0. The second-order valence-corrected chi connectivity index (χ2v) is 5.04. The molecule has 0 aliphatic heterocycles. The van der Waals surface area contributed by atoms with Gasteiger partial charge in [-0.1, -0.05) is 12.2 Å². The number of aliphatic hydroxyl groups excluding tert-OH is 1. The monoisotopic (exact) mass is 310 g/mol. The first-order chi connectivity index (χ1) is 10.5. The molecule has 0 radical (unpaired) electrons. The molecule has 1 aliphatic rings. The Morgan fingerprint density at radius 1 is 1.27 bits per heavy atom. The van der Waals surface area contributed by atoms with Crippen LogP contribution in [0.3, 0.4) is 0 Å². The maximum atomic E-state index is 13.4. The van der Waals surface area contributed by atoms with Crippen molar-refractivity contribution in [1.29, 1.82) is 0 Å². The zero-order valence-corrected chi connectivity index (χ0v) is 11.7. The standard InChI is InChI=1S/C15H16F2N2O3/c16-10-2-4-12(13(17)6-10)15(22)18-7-14(21)19-11-3-1-9(5-11)8-20/h1-4,6,9,11,20H,5,7-8H2,(H,18,22)(H,19,21)/t9-,11+/m0/s1. The smallest absolute Gasteiger partial charge is 0.254 e. The summed E-state index contributed by atoms with van der Waals surface area (Å²) in [5, 5.41) is 13.9. The van der Waals surface area contributed by atoms with Crippen LogP contribution in [0.25, 0.3) is 0 Å². The molecule has 0 aromatic heterocycles. The second-order valence-electron chi connectivity index (χ2n) is 5.04. The van der Waals surface area contributed by atoms with Crippen molar-refractivity contribution in [3.05, 3.63) is 47.5 Å². The van der Waals surface area contributed by atoms with Gasteiger partial charge >= 0.3 is 0 Å². The van der Waals surface area contributed by atoms with E-state index in [0.29, 0.717) is 12.5 Å². The minimum Gasteiger partial charge on any atom is -0.396 e. The maximum Gasteiger partial charge on any atom is 0.254 e. The summed E-state index contributed by atoms with van der Waals surface area (Å²) in [6, 6.07) is 2.40. The molecule has 5 nitrogen and oxygen atoms in total. The molecule has 7 heteroatoms. The summed E-state index contributed by atoms with van der Waals surface area (Å²) in [5.41, 5.74) is -0.324. The van der Waals surface area contributed by atoms with Crippen molar-refractivity contribution in [2.75, 3.05) is 13.2 Å². The van der Waals surface area contributed by atoms with E-state index in [1.807, 2.05) is 6.08 Å². The number of carbonyl (C=O) groups excluding carboxylic acids is 2. The Morgan fingerprint density at radius 3 is 2.68 bits per heavy atom. The van der Waals surface area contributed by atoms with Gasteiger partial charge in [0.15, 0.2) is 0 Å². The highest BCUT2D eigenvalue weighted by Gasteiger charge is 2.20. The van der Waals surface area contributed by atoms with Crippen LogP contribution in [0, 0.1) is 17.6 Å². The van der Waals surface area contributed by atoms with E-state index in [-0.39, 0.29) is 30.7 Å². The van der Waals surface area contributed by atoms with E-state index in [4.69, 9.17) is 5.11 Å². The fraction of sp³-hybridized carbons (Fsp3) is 0.333. The SMILES string of the molecule is O=C(CNC(=O)c1ccc(F)cc1F)N[C@@H]1C=C[C@H](CO)C1. The van der Waals surface area contributed by atoms with E-state index in [0.717, 1.165) is 12.1 Å². The molecular weight excluding hydrogens is 294 g/mol. The molecular formula is C15H16F2N2O3. The molecule has 118 valence electrons. The number of benzene rings is 1. The quantitative estimate of drug-likeness (QED) is 0.702. The predicted molar refractivity (Wildman–Crippen MR) is 75.0 cm³/mol. The van der Waals surface area contributed by atoms with Crippen molar-refractivity contribution < 1.29 is 23.5 Å². The predicted octanol–water partition coefficient (Wildman–Crippen LogP) is 0.748. The number of hydrogen-bond donors (Lipinski definition) is 3. The first-order valence-electron chi connectivity index (χ1n) is 6.81. The van der Waals surface area contributed by atoms with Gasteiger partial charge in [0.1, 0.15) is 11.6 Å². The minimum absolute atomic E-state index is 0.0173. The topological polar surface area (TPSA) is 78.4 Å². The molecule has 2 rings (SSSR count). The Morgan fingerprint density at radius 2 is 2.05 bits per heavy atom. The van der Waals surface area contributed by atoms with Crippen LogP contribution in [0.5, 0.6) is 0 Å². The van der Waals surface area contributed by atoms with Crippen LogP contribution < -0.4 is 10.6 Å². The van der Waals surface area contributed by atoms with Gasteiger partial charge in [0, 0.05) is 24.6 Å². The Kier molecular flexibility index (Phi) is 5.21. The van der Waals surface area contributed by atoms with Crippen molar-refractivity contribution in [2.45, 2.75) is 12.5 Å². The lowest BCUT2D eigenvalue weighted by molar-refractivity contribution is -0.120. The zero-order chi connectivity index (χ0) is 16.1. The van der Waals surface area contributed by atoms with Crippen LogP contribution in [0.15, 0.2) is 30.4 Å². The third-order valence-corrected chi connectivity index (χ3v) is 3.34. The molecule has 2 amide bonds. The van der Waals surface area contributed by atoms with Gasteiger partial charge in [-0.25, -0.2) is 8.78 Å². The van der Waals surface area contributed by atoms with Gasteiger partial charge < -0.3 is 15.7 Å². The van der Waals surface area contributed by atoms with E-state index >= 15 is 0 Å². The Hall–Kier alpha value is -2.28. The average Bonchev–Trinajstić information content (AvgIpc) is 2.92. The summed E-state index contributed by atoms with van der Waals surface area (Å²) in [7, 11) is 0. The molecule has 0 spiro atoms. The highest BCUT2D eigenvalue weighted by molar-refractivity contribution is 5.96. The lowest BCUT2D eigenvalue weighted by Crippen LogP contribution is -2.41. The third kappa shape index (κ3) is 4.11. The third-order valence-electron chi connectivity index (χ3n) is 3.34. The summed E-state index contributed by atoms with van der Waals surface area (Å²) in [6.45, 7) is -0.298. The molecule has 1 aliphatic carbocycles. The van der Waals surface area contributed by atoms with Crippen LogP contribution in [0.4, 0.5) is 8.78 Å². The van der Waals surface area contributed by atoms with Gasteiger partial charge in [-0.3, -0.25) is 9.59 Å². The maximum absolute atomic E-state index is 13.4. The lowest BCUT2D eigenvalue weighted by Gasteiger charge is -2.13. The number of carbonyl (C=O) groups is 2. The number of nitrogens with one attached hydrogen (secondary N) is 2. The van der Waals surface area contributed by atoms with E-state index in [2.05, 4.69) is 10.6 Å². The minimum atomic E-state index is -0.984. The van der Waals surface area contributed by atoms with Gasteiger partial charge in [0.25, 0.3) is 5.91 Å². The van der Waals surface area contributed by atoms with Gasteiger partial charge in [-0.2, -0.15) is 0 Å². The molecule has 1 aromatic carbocycles. The molecule has 0 fully saturated rings. The lowest BCUT2D eigenvalue weighted by atomic mass is 10.1. The van der Waals surface area contributed by atoms with E-state index in [1.165, 1.54) is 0 Å². The summed E-state index contributed by atoms with van der Waals surface area (Å²) < 4.78 is 26.2. The highest BCUT2D eigenvalue weighted by atomic mass is 19.1. The van der Waals surface area contributed by atoms with Crippen molar-refractivity contribution in [2.24, 2.45) is 5.92 Å². The van der Waals surface area contributed by atoms with E-state index in [9.17, 15) is 18.4 Å². The van der Waals surface area contributed by atoms with Crippen LogP contribution in [-0.4, -0.2) is 36.1 Å². The number of rotatable bonds is 5. The Bertz CT molecular complexity index is 604. The molecule has 0 saturated heterocycles. The summed E-state index contributed by atoms with van der Waals surface area (Å²) >= 11 is 0. The van der Waals surface area contributed by atoms with Gasteiger partial charge in [-0.05, 0) is 18.6 Å². The first-order valence-corrected chi connectivity index (χ1v) is 6.81. The van der Waals surface area contributed by atoms with Gasteiger partial charge in [0.05, 0.1) is 12.1 Å². The molecule has 0 saturated carbocycles. The van der Waals surface area contributed by atoms with E-state index < -0.39 is 23.4 Å². The number of amides is 2. The molecule has 0 unspecified atom stereocenters. The van der Waals surface area contributed by atoms with E-state index in [1.54, 1.807) is 6.08 Å². The highest BCUT2D eigenvalue weighted by Crippen LogP contribution is 2.16. The molecule has 3 N–H and O–H groups in total. The zero-order valence-electron chi connectivity index (χ0n) is 11.7. The van der Waals surface area contributed by atoms with Crippen LogP contribution >= 0.6 is 0 Å². The van der Waals surface area contributed by atoms with Crippen LogP contribution in [-0.2, 0) is 4.79 Å². The Labute approximate surface area is 126 Å². The fourth-order valence-corrected chi connectivity index (χ4v) is 2.20. The van der Waals surface area contributed by atoms with Gasteiger partial charge in [-0.15, -0.1) is 0 Å². The average molecular weight is 310 g/mol. The molecule has 2 atom stereocenters. The molecule has 0 bridgehead atoms. The number of halogens is 2. The summed E-state index contributed by atoms with van der Waals surface area (Å²) in [5.74, 6) is -2.96. The van der Waals surface area contributed by atoms with Crippen molar-refractivity contribution in [3.8, 4) is 0 Å². The summed E-state index contributed by atoms with van der Waals surface area (Å²) in [6.07, 6.45) is 4.19. The van der Waals surface area contributed by atoms with Crippen LogP contribution in [0.2, 0.25) is 0 Å². The molecule has 22 heavy (non-hydrogen) atoms. The fourth-order valence-electron chi connectivity index (χ4n) is 2.20. The summed E-state index contributed by atoms with van der Waals surface area (Å²) in [4.78, 5) is 23.4. The van der Waals surface area contributed by atoms with Crippen molar-refractivity contribution in [1.82, 2.24) is 10.6 Å². The van der Waals surface area contributed by atoms with Crippen molar-refractivity contribution >= 4 is 11.8 Å². The first kappa shape index (κ1) is 16.1.